The molecule has 0 unspecified atom stereocenters. The second-order valence-corrected chi connectivity index (χ2v) is 4.09. The maximum atomic E-state index is 12.4. The summed E-state index contributed by atoms with van der Waals surface area (Å²) in [5.41, 5.74) is 0.953. The summed E-state index contributed by atoms with van der Waals surface area (Å²) in [5, 5.41) is 0. The lowest BCUT2D eigenvalue weighted by Gasteiger charge is -2.14. The van der Waals surface area contributed by atoms with Gasteiger partial charge in [0, 0.05) is 5.56 Å². The highest BCUT2D eigenvalue weighted by Gasteiger charge is 2.42. The van der Waals surface area contributed by atoms with Gasteiger partial charge in [0.1, 0.15) is 0 Å². The van der Waals surface area contributed by atoms with Crippen molar-refractivity contribution in [3.8, 4) is 22.6 Å². The van der Waals surface area contributed by atoms with E-state index < -0.39 is 12.1 Å². The molecule has 0 aromatic heterocycles. The minimum absolute atomic E-state index is 0.0500. The molecule has 3 nitrogen and oxygen atoms in total. The lowest BCUT2D eigenvalue weighted by molar-refractivity contribution is -0.189. The SMILES string of the molecule is COc1cccc(-c2ccccc2)c1OC(=O)C(F)(F)F. The molecule has 0 bridgehead atoms. The van der Waals surface area contributed by atoms with E-state index in [-0.39, 0.29) is 11.5 Å². The van der Waals surface area contributed by atoms with Crippen LogP contribution in [0.4, 0.5) is 13.2 Å². The van der Waals surface area contributed by atoms with Gasteiger partial charge in [0.2, 0.25) is 0 Å². The highest BCUT2D eigenvalue weighted by atomic mass is 19.4. The van der Waals surface area contributed by atoms with Crippen LogP contribution in [0.15, 0.2) is 48.5 Å². The molecule has 0 N–H and O–H groups in total. The summed E-state index contributed by atoms with van der Waals surface area (Å²) < 4.78 is 46.6. The number of benzene rings is 2. The molecule has 0 saturated carbocycles. The molecule has 0 radical (unpaired) electrons. The Hall–Kier alpha value is -2.50. The zero-order chi connectivity index (χ0) is 15.5. The first-order valence-electron chi connectivity index (χ1n) is 5.95. The highest BCUT2D eigenvalue weighted by Crippen LogP contribution is 2.39. The van der Waals surface area contributed by atoms with E-state index in [0.717, 1.165) is 0 Å². The van der Waals surface area contributed by atoms with Gasteiger partial charge < -0.3 is 9.47 Å². The van der Waals surface area contributed by atoms with Crippen molar-refractivity contribution < 1.29 is 27.4 Å². The second kappa shape index (κ2) is 5.87. The van der Waals surface area contributed by atoms with E-state index in [0.29, 0.717) is 11.1 Å². The minimum Gasteiger partial charge on any atom is -0.493 e. The lowest BCUT2D eigenvalue weighted by Crippen LogP contribution is -2.28. The topological polar surface area (TPSA) is 35.5 Å². The first-order chi connectivity index (χ1) is 9.93. The third kappa shape index (κ3) is 3.34. The summed E-state index contributed by atoms with van der Waals surface area (Å²) in [7, 11) is 1.29. The number of ether oxygens (including phenoxy) is 2. The van der Waals surface area contributed by atoms with Crippen LogP contribution in [0, 0.1) is 0 Å². The lowest BCUT2D eigenvalue weighted by atomic mass is 10.0. The third-order valence-electron chi connectivity index (χ3n) is 2.71. The van der Waals surface area contributed by atoms with Gasteiger partial charge in [-0.15, -0.1) is 0 Å². The molecule has 0 heterocycles. The van der Waals surface area contributed by atoms with E-state index in [4.69, 9.17) is 4.74 Å². The number of methoxy groups -OCH3 is 1. The highest BCUT2D eigenvalue weighted by molar-refractivity contribution is 5.83. The number of rotatable bonds is 3. The van der Waals surface area contributed by atoms with Gasteiger partial charge in [0.25, 0.3) is 0 Å². The number of esters is 1. The molecule has 2 aromatic carbocycles. The zero-order valence-corrected chi connectivity index (χ0v) is 11.0. The van der Waals surface area contributed by atoms with Crippen LogP contribution in [0.5, 0.6) is 11.5 Å². The molecule has 0 saturated heterocycles. The van der Waals surface area contributed by atoms with Crippen LogP contribution >= 0.6 is 0 Å². The molecule has 2 aromatic rings. The average molecular weight is 296 g/mol. The van der Waals surface area contributed by atoms with Crippen LogP contribution < -0.4 is 9.47 Å². The van der Waals surface area contributed by atoms with Gasteiger partial charge in [-0.2, -0.15) is 13.2 Å². The van der Waals surface area contributed by atoms with Crippen LogP contribution in [-0.4, -0.2) is 19.3 Å². The van der Waals surface area contributed by atoms with Crippen molar-refractivity contribution in [3.63, 3.8) is 0 Å². The summed E-state index contributed by atoms with van der Waals surface area (Å²) >= 11 is 0. The van der Waals surface area contributed by atoms with Crippen molar-refractivity contribution >= 4 is 5.97 Å². The maximum absolute atomic E-state index is 12.4. The Morgan fingerprint density at radius 2 is 1.67 bits per heavy atom. The Labute approximate surface area is 118 Å². The smallest absolute Gasteiger partial charge is 0.491 e. The molecule has 0 aliphatic carbocycles. The Kier molecular flexibility index (Phi) is 4.16. The number of hydrogen-bond donors (Lipinski definition) is 0. The summed E-state index contributed by atoms with van der Waals surface area (Å²) in [6.07, 6.45) is -5.07. The molecule has 0 amide bonds. The van der Waals surface area contributed by atoms with E-state index in [1.54, 1.807) is 42.5 Å². The summed E-state index contributed by atoms with van der Waals surface area (Å²) in [4.78, 5) is 11.1. The first kappa shape index (κ1) is 14.9. The van der Waals surface area contributed by atoms with Crippen LogP contribution in [0.2, 0.25) is 0 Å². The molecule has 110 valence electrons. The number of carbonyl (C=O) groups excluding carboxylic acids is 1. The maximum Gasteiger partial charge on any atom is 0.491 e. The molecule has 0 aliphatic rings. The largest absolute Gasteiger partial charge is 0.493 e. The summed E-state index contributed by atoms with van der Waals surface area (Å²) in [5.74, 6) is -2.49. The summed E-state index contributed by atoms with van der Waals surface area (Å²) in [6, 6.07) is 13.2. The van der Waals surface area contributed by atoms with E-state index in [9.17, 15) is 18.0 Å². The van der Waals surface area contributed by atoms with Crippen LogP contribution in [0.1, 0.15) is 0 Å². The van der Waals surface area contributed by atoms with Gasteiger partial charge in [-0.05, 0) is 11.6 Å². The number of carbonyl (C=O) groups is 1. The standard InChI is InChI=1S/C15H11F3O3/c1-20-12-9-5-8-11(10-6-3-2-4-7-10)13(12)21-14(19)15(16,17)18/h2-9H,1H3. The molecule has 21 heavy (non-hydrogen) atoms. The first-order valence-corrected chi connectivity index (χ1v) is 5.95. The predicted molar refractivity (Wildman–Crippen MR) is 70.1 cm³/mol. The third-order valence-corrected chi connectivity index (χ3v) is 2.71. The fourth-order valence-corrected chi connectivity index (χ4v) is 1.78. The molecule has 0 atom stereocenters. The molecular formula is C15H11F3O3. The summed E-state index contributed by atoms with van der Waals surface area (Å²) in [6.45, 7) is 0. The fraction of sp³-hybridized carbons (Fsp3) is 0.133. The van der Waals surface area contributed by atoms with Crippen molar-refractivity contribution in [1.82, 2.24) is 0 Å². The second-order valence-electron chi connectivity index (χ2n) is 4.09. The van der Waals surface area contributed by atoms with E-state index >= 15 is 0 Å². The van der Waals surface area contributed by atoms with Gasteiger partial charge in [-0.3, -0.25) is 0 Å². The Morgan fingerprint density at radius 1 is 1.00 bits per heavy atom. The molecule has 0 spiro atoms. The van der Waals surface area contributed by atoms with Crippen LogP contribution in [-0.2, 0) is 4.79 Å². The van der Waals surface area contributed by atoms with Crippen LogP contribution in [0.3, 0.4) is 0 Å². The zero-order valence-electron chi connectivity index (χ0n) is 11.0. The van der Waals surface area contributed by atoms with Crippen molar-refractivity contribution in [1.29, 1.82) is 0 Å². The van der Waals surface area contributed by atoms with E-state index in [2.05, 4.69) is 4.74 Å². The van der Waals surface area contributed by atoms with E-state index in [1.807, 2.05) is 0 Å². The van der Waals surface area contributed by atoms with E-state index in [1.165, 1.54) is 13.2 Å². The van der Waals surface area contributed by atoms with Gasteiger partial charge in [0.05, 0.1) is 7.11 Å². The van der Waals surface area contributed by atoms with Gasteiger partial charge in [-0.25, -0.2) is 4.79 Å². The monoisotopic (exact) mass is 296 g/mol. The predicted octanol–water partition coefficient (Wildman–Crippen LogP) is 3.83. The number of hydrogen-bond acceptors (Lipinski definition) is 3. The molecular weight excluding hydrogens is 285 g/mol. The van der Waals surface area contributed by atoms with Crippen molar-refractivity contribution in [3.05, 3.63) is 48.5 Å². The Bertz CT molecular complexity index is 636. The fourth-order valence-electron chi connectivity index (χ4n) is 1.78. The molecule has 2 rings (SSSR count). The number of alkyl halides is 3. The van der Waals surface area contributed by atoms with Gasteiger partial charge in [-0.1, -0.05) is 42.5 Å². The average Bonchev–Trinajstić information content (AvgIpc) is 2.47. The Balaban J connectivity index is 2.50. The molecule has 0 fully saturated rings. The Morgan fingerprint density at radius 3 is 2.24 bits per heavy atom. The van der Waals surface area contributed by atoms with Crippen molar-refractivity contribution in [2.24, 2.45) is 0 Å². The van der Waals surface area contributed by atoms with Crippen molar-refractivity contribution in [2.75, 3.05) is 7.11 Å². The number of halogens is 3. The van der Waals surface area contributed by atoms with Gasteiger partial charge >= 0.3 is 12.1 Å². The molecule has 0 aliphatic heterocycles. The quantitative estimate of drug-likeness (QED) is 0.638. The number of para-hydroxylation sites is 1. The van der Waals surface area contributed by atoms with Crippen LogP contribution in [0.25, 0.3) is 11.1 Å². The van der Waals surface area contributed by atoms with Gasteiger partial charge in [0.15, 0.2) is 11.5 Å². The normalized spacial score (nSPS) is 11.0. The van der Waals surface area contributed by atoms with Crippen molar-refractivity contribution in [2.45, 2.75) is 6.18 Å². The minimum atomic E-state index is -5.07. The molecule has 6 heteroatoms.